The first-order valence-electron chi connectivity index (χ1n) is 9.76. The van der Waals surface area contributed by atoms with Crippen LogP contribution in [0.25, 0.3) is 5.70 Å². The van der Waals surface area contributed by atoms with Crippen molar-refractivity contribution in [1.29, 1.82) is 0 Å². The smallest absolute Gasteiger partial charge is 0.226 e. The molecular weight excluding hydrogens is 440 g/mol. The third-order valence-electron chi connectivity index (χ3n) is 5.61. The van der Waals surface area contributed by atoms with Gasteiger partial charge in [0.15, 0.2) is 0 Å². The van der Waals surface area contributed by atoms with Crippen molar-refractivity contribution in [3.8, 4) is 5.75 Å². The van der Waals surface area contributed by atoms with Gasteiger partial charge in [0, 0.05) is 15.6 Å². The molecule has 0 saturated heterocycles. The van der Waals surface area contributed by atoms with E-state index in [1.165, 1.54) is 0 Å². The third kappa shape index (κ3) is 2.68. The molecular formula is C24H17BrN4O. The molecule has 6 heteroatoms. The lowest BCUT2D eigenvalue weighted by Gasteiger charge is -2.39. The first kappa shape index (κ1) is 17.5. The SMILES string of the molecule is Brc1ccc([C@@H]2C3=C(Nc4ncnn42)c2ccccc2O[C@H]3c2ccccc2)cc1. The largest absolute Gasteiger partial charge is 0.480 e. The van der Waals surface area contributed by atoms with E-state index in [0.717, 1.165) is 44.1 Å². The molecule has 3 heterocycles. The third-order valence-corrected chi connectivity index (χ3v) is 6.14. The van der Waals surface area contributed by atoms with Crippen LogP contribution in [0.4, 0.5) is 5.95 Å². The van der Waals surface area contributed by atoms with Gasteiger partial charge in [-0.2, -0.15) is 10.1 Å². The van der Waals surface area contributed by atoms with Gasteiger partial charge in [0.2, 0.25) is 5.95 Å². The van der Waals surface area contributed by atoms with Gasteiger partial charge in [0.1, 0.15) is 24.2 Å². The summed E-state index contributed by atoms with van der Waals surface area (Å²) < 4.78 is 9.57. The fourth-order valence-electron chi connectivity index (χ4n) is 4.29. The summed E-state index contributed by atoms with van der Waals surface area (Å²) in [4.78, 5) is 4.47. The number of aromatic nitrogens is 3. The molecule has 30 heavy (non-hydrogen) atoms. The van der Waals surface area contributed by atoms with Crippen molar-refractivity contribution < 1.29 is 4.74 Å². The minimum Gasteiger partial charge on any atom is -0.480 e. The molecule has 0 spiro atoms. The van der Waals surface area contributed by atoms with Gasteiger partial charge in [-0.1, -0.05) is 70.5 Å². The predicted octanol–water partition coefficient (Wildman–Crippen LogP) is 5.60. The zero-order valence-corrected chi connectivity index (χ0v) is 17.5. The Kier molecular flexibility index (Phi) is 3.99. The number of rotatable bonds is 2. The maximum absolute atomic E-state index is 6.59. The molecule has 5 nitrogen and oxygen atoms in total. The number of fused-ring (bicyclic) bond motifs is 3. The predicted molar refractivity (Wildman–Crippen MR) is 119 cm³/mol. The Morgan fingerprint density at radius 3 is 2.47 bits per heavy atom. The average molecular weight is 457 g/mol. The Morgan fingerprint density at radius 1 is 0.867 bits per heavy atom. The van der Waals surface area contributed by atoms with E-state index in [2.05, 4.69) is 73.8 Å². The Bertz CT molecular complexity index is 1260. The van der Waals surface area contributed by atoms with Gasteiger partial charge in [-0.15, -0.1) is 0 Å². The molecule has 2 atom stereocenters. The van der Waals surface area contributed by atoms with Crippen LogP contribution in [0.2, 0.25) is 0 Å². The monoisotopic (exact) mass is 456 g/mol. The van der Waals surface area contributed by atoms with Gasteiger partial charge in [-0.05, 0) is 35.4 Å². The van der Waals surface area contributed by atoms with E-state index in [9.17, 15) is 0 Å². The van der Waals surface area contributed by atoms with Crippen LogP contribution in [0.3, 0.4) is 0 Å². The highest BCUT2D eigenvalue weighted by atomic mass is 79.9. The van der Waals surface area contributed by atoms with Crippen molar-refractivity contribution in [1.82, 2.24) is 14.8 Å². The number of benzene rings is 3. The van der Waals surface area contributed by atoms with Crippen molar-refractivity contribution in [2.45, 2.75) is 12.1 Å². The molecule has 0 saturated carbocycles. The van der Waals surface area contributed by atoms with Crippen molar-refractivity contribution in [2.75, 3.05) is 5.32 Å². The summed E-state index contributed by atoms with van der Waals surface area (Å²) in [6.07, 6.45) is 1.35. The molecule has 146 valence electrons. The van der Waals surface area contributed by atoms with E-state index in [1.54, 1.807) is 6.33 Å². The summed E-state index contributed by atoms with van der Waals surface area (Å²) in [6, 6.07) is 26.7. The molecule has 0 fully saturated rings. The molecule has 2 aliphatic rings. The molecule has 0 aliphatic carbocycles. The molecule has 2 aliphatic heterocycles. The molecule has 0 amide bonds. The lowest BCUT2D eigenvalue weighted by atomic mass is 9.85. The standard InChI is InChI=1S/C24H17BrN4O/c25-17-12-10-15(11-13-17)22-20-21(28-24-26-14-27-29(22)24)18-8-4-5-9-19(18)30-23(20)16-6-2-1-3-7-16/h1-14,22-23H,(H,26,27,28)/t22-,23+/m1/s1. The highest BCUT2D eigenvalue weighted by Crippen LogP contribution is 2.50. The number of nitrogens with one attached hydrogen (secondary N) is 1. The highest BCUT2D eigenvalue weighted by molar-refractivity contribution is 9.10. The van der Waals surface area contributed by atoms with Gasteiger partial charge in [0.25, 0.3) is 0 Å². The maximum atomic E-state index is 6.59. The molecule has 1 aromatic heterocycles. The van der Waals surface area contributed by atoms with E-state index < -0.39 is 0 Å². The highest BCUT2D eigenvalue weighted by Gasteiger charge is 2.40. The van der Waals surface area contributed by atoms with E-state index in [-0.39, 0.29) is 12.1 Å². The summed E-state index contributed by atoms with van der Waals surface area (Å²) in [5.74, 6) is 1.59. The number of ether oxygens (including phenoxy) is 1. The minimum atomic E-state index is -0.241. The van der Waals surface area contributed by atoms with Gasteiger partial charge < -0.3 is 10.1 Å². The fraction of sp³-hybridized carbons (Fsp3) is 0.0833. The Labute approximate surface area is 182 Å². The number of hydrogen-bond donors (Lipinski definition) is 1. The molecule has 1 N–H and O–H groups in total. The van der Waals surface area contributed by atoms with Crippen LogP contribution in [0.1, 0.15) is 28.8 Å². The molecule has 0 radical (unpaired) electrons. The van der Waals surface area contributed by atoms with E-state index >= 15 is 0 Å². The second-order valence-corrected chi connectivity index (χ2v) is 8.26. The summed E-state index contributed by atoms with van der Waals surface area (Å²) >= 11 is 3.55. The number of para-hydroxylation sites is 1. The van der Waals surface area contributed by atoms with Crippen LogP contribution in [-0.2, 0) is 0 Å². The van der Waals surface area contributed by atoms with Crippen molar-refractivity contribution in [3.63, 3.8) is 0 Å². The van der Waals surface area contributed by atoms with E-state index in [0.29, 0.717) is 0 Å². The summed E-state index contributed by atoms with van der Waals surface area (Å²) in [6.45, 7) is 0. The normalized spacial score (nSPS) is 19.2. The number of halogens is 1. The molecule has 0 bridgehead atoms. The molecule has 0 unspecified atom stereocenters. The van der Waals surface area contributed by atoms with Crippen LogP contribution in [0.15, 0.2) is 95.2 Å². The van der Waals surface area contributed by atoms with Crippen LogP contribution < -0.4 is 10.1 Å². The zero-order valence-electron chi connectivity index (χ0n) is 15.9. The number of anilines is 1. The van der Waals surface area contributed by atoms with Gasteiger partial charge >= 0.3 is 0 Å². The summed E-state index contributed by atoms with van der Waals surface area (Å²) in [5.41, 5.74) is 5.44. The minimum absolute atomic E-state index is 0.134. The van der Waals surface area contributed by atoms with E-state index in [4.69, 9.17) is 4.74 Å². The second-order valence-electron chi connectivity index (χ2n) is 7.34. The number of hydrogen-bond acceptors (Lipinski definition) is 4. The zero-order chi connectivity index (χ0) is 20.1. The van der Waals surface area contributed by atoms with Crippen LogP contribution >= 0.6 is 15.9 Å². The van der Waals surface area contributed by atoms with Crippen LogP contribution in [0.5, 0.6) is 5.75 Å². The summed E-state index contributed by atoms with van der Waals surface area (Å²) in [7, 11) is 0. The topological polar surface area (TPSA) is 52.0 Å². The lowest BCUT2D eigenvalue weighted by Crippen LogP contribution is -2.32. The fourth-order valence-corrected chi connectivity index (χ4v) is 4.55. The first-order chi connectivity index (χ1) is 14.8. The van der Waals surface area contributed by atoms with Crippen LogP contribution in [-0.4, -0.2) is 14.8 Å². The number of nitrogens with zero attached hydrogens (tertiary/aromatic N) is 3. The Balaban J connectivity index is 1.63. The maximum Gasteiger partial charge on any atom is 0.226 e. The van der Waals surface area contributed by atoms with Gasteiger partial charge in [0.05, 0.1) is 5.70 Å². The van der Waals surface area contributed by atoms with Crippen molar-refractivity contribution in [3.05, 3.63) is 112 Å². The molecule has 4 aromatic rings. The average Bonchev–Trinajstić information content (AvgIpc) is 3.27. The second kappa shape index (κ2) is 6.85. The molecule has 3 aromatic carbocycles. The Hall–Kier alpha value is -3.38. The van der Waals surface area contributed by atoms with Crippen molar-refractivity contribution in [2.24, 2.45) is 0 Å². The lowest BCUT2D eigenvalue weighted by molar-refractivity contribution is 0.223. The summed E-state index contributed by atoms with van der Waals surface area (Å²) in [5, 5.41) is 8.08. The Morgan fingerprint density at radius 2 is 1.63 bits per heavy atom. The first-order valence-corrected chi connectivity index (χ1v) is 10.6. The van der Waals surface area contributed by atoms with E-state index in [1.807, 2.05) is 41.1 Å². The van der Waals surface area contributed by atoms with Gasteiger partial charge in [-0.3, -0.25) is 0 Å². The van der Waals surface area contributed by atoms with Crippen molar-refractivity contribution >= 4 is 27.6 Å². The quantitative estimate of drug-likeness (QED) is 0.426. The molecule has 6 rings (SSSR count). The van der Waals surface area contributed by atoms with Crippen LogP contribution in [0, 0.1) is 0 Å². The van der Waals surface area contributed by atoms with Gasteiger partial charge in [-0.25, -0.2) is 4.68 Å².